The molecule has 2 amide bonds. The third kappa shape index (κ3) is 3.62. The highest BCUT2D eigenvalue weighted by molar-refractivity contribution is 5.74. The number of urea groups is 1. The Morgan fingerprint density at radius 3 is 2.21 bits per heavy atom. The van der Waals surface area contributed by atoms with Crippen LogP contribution in [0.4, 0.5) is 4.79 Å². The monoisotopic (exact) mass is 265 g/mol. The highest BCUT2D eigenvalue weighted by atomic mass is 16.2. The van der Waals surface area contributed by atoms with Crippen molar-refractivity contribution in [3.05, 3.63) is 0 Å². The molecule has 3 saturated carbocycles. The van der Waals surface area contributed by atoms with Crippen molar-refractivity contribution >= 4 is 6.03 Å². The first-order valence-corrected chi connectivity index (χ1v) is 7.91. The number of carbonyl (C=O) groups is 1. The largest absolute Gasteiger partial charge is 0.337 e. The van der Waals surface area contributed by atoms with Crippen LogP contribution < -0.4 is 10.6 Å². The lowest BCUT2D eigenvalue weighted by atomic mass is 10.1. The van der Waals surface area contributed by atoms with Crippen molar-refractivity contribution in [3.63, 3.8) is 0 Å². The van der Waals surface area contributed by atoms with E-state index in [4.69, 9.17) is 0 Å². The maximum absolute atomic E-state index is 12.0. The highest BCUT2D eigenvalue weighted by Crippen LogP contribution is 2.44. The van der Waals surface area contributed by atoms with Gasteiger partial charge >= 0.3 is 6.03 Å². The van der Waals surface area contributed by atoms with Crippen molar-refractivity contribution < 1.29 is 4.79 Å². The van der Waals surface area contributed by atoms with Crippen LogP contribution in [0.3, 0.4) is 0 Å². The fourth-order valence-corrected chi connectivity index (χ4v) is 2.96. The van der Waals surface area contributed by atoms with Crippen LogP contribution in [-0.2, 0) is 0 Å². The molecule has 108 valence electrons. The van der Waals surface area contributed by atoms with E-state index in [0.717, 1.165) is 24.4 Å². The molecular weight excluding hydrogens is 238 g/mol. The molecule has 0 aromatic rings. The molecule has 3 fully saturated rings. The molecule has 3 rings (SSSR count). The summed E-state index contributed by atoms with van der Waals surface area (Å²) >= 11 is 0. The van der Waals surface area contributed by atoms with Crippen LogP contribution in [0.1, 0.15) is 45.4 Å². The van der Waals surface area contributed by atoms with Crippen LogP contribution in [0.2, 0.25) is 0 Å². The van der Waals surface area contributed by atoms with Crippen LogP contribution in [0.15, 0.2) is 0 Å². The molecule has 0 aliphatic heterocycles. The lowest BCUT2D eigenvalue weighted by Gasteiger charge is -2.25. The Morgan fingerprint density at radius 2 is 1.74 bits per heavy atom. The highest BCUT2D eigenvalue weighted by Gasteiger charge is 2.42. The number of amides is 2. The fourth-order valence-electron chi connectivity index (χ4n) is 2.96. The zero-order valence-electron chi connectivity index (χ0n) is 12.2. The van der Waals surface area contributed by atoms with Gasteiger partial charge in [0.15, 0.2) is 0 Å². The van der Waals surface area contributed by atoms with Gasteiger partial charge < -0.3 is 10.6 Å². The van der Waals surface area contributed by atoms with Gasteiger partial charge in [-0.15, -0.1) is 0 Å². The van der Waals surface area contributed by atoms with E-state index in [1.807, 2.05) is 0 Å². The smallest absolute Gasteiger partial charge is 0.315 e. The standard InChI is InChI=1S/C15H27N3O/c1-10(18(2)13-7-8-13)9-16-15(19)17-14(11-3-4-11)12-5-6-12/h10-14H,3-9H2,1-2H3,(H2,16,17,19)/t10-/m0/s1. The quantitative estimate of drug-likeness (QED) is 0.739. The first-order chi connectivity index (χ1) is 9.15. The summed E-state index contributed by atoms with van der Waals surface area (Å²) in [5, 5.41) is 6.26. The number of carbonyl (C=O) groups excluding carboxylic acids is 1. The van der Waals surface area contributed by atoms with E-state index in [1.54, 1.807) is 0 Å². The van der Waals surface area contributed by atoms with Gasteiger partial charge in [-0.05, 0) is 64.3 Å². The lowest BCUT2D eigenvalue weighted by Crippen LogP contribution is -2.48. The number of rotatable bonds is 7. The molecule has 0 saturated heterocycles. The predicted octanol–water partition coefficient (Wildman–Crippen LogP) is 1.96. The zero-order valence-corrected chi connectivity index (χ0v) is 12.2. The molecule has 0 aromatic heterocycles. The van der Waals surface area contributed by atoms with Crippen molar-refractivity contribution in [1.29, 1.82) is 0 Å². The number of hydrogen-bond acceptors (Lipinski definition) is 2. The summed E-state index contributed by atoms with van der Waals surface area (Å²) in [4.78, 5) is 14.4. The summed E-state index contributed by atoms with van der Waals surface area (Å²) in [5.74, 6) is 1.54. The first-order valence-electron chi connectivity index (χ1n) is 7.91. The summed E-state index contributed by atoms with van der Waals surface area (Å²) in [6, 6.07) is 1.68. The Kier molecular flexibility index (Phi) is 3.70. The van der Waals surface area contributed by atoms with E-state index in [2.05, 4.69) is 29.5 Å². The van der Waals surface area contributed by atoms with Crippen molar-refractivity contribution in [2.24, 2.45) is 11.8 Å². The van der Waals surface area contributed by atoms with Gasteiger partial charge in [0.05, 0.1) is 0 Å². The molecule has 19 heavy (non-hydrogen) atoms. The van der Waals surface area contributed by atoms with Crippen molar-refractivity contribution in [2.75, 3.05) is 13.6 Å². The van der Waals surface area contributed by atoms with Gasteiger partial charge in [-0.3, -0.25) is 4.90 Å². The summed E-state index contributed by atoms with van der Waals surface area (Å²) in [6.07, 6.45) is 7.87. The van der Waals surface area contributed by atoms with E-state index in [9.17, 15) is 4.79 Å². The Hall–Kier alpha value is -0.770. The van der Waals surface area contributed by atoms with Gasteiger partial charge in [-0.1, -0.05) is 0 Å². The van der Waals surface area contributed by atoms with Gasteiger partial charge in [0.1, 0.15) is 0 Å². The molecular formula is C15H27N3O. The van der Waals surface area contributed by atoms with E-state index in [0.29, 0.717) is 12.1 Å². The fraction of sp³-hybridized carbons (Fsp3) is 0.933. The molecule has 0 unspecified atom stereocenters. The zero-order chi connectivity index (χ0) is 13.4. The van der Waals surface area contributed by atoms with E-state index >= 15 is 0 Å². The van der Waals surface area contributed by atoms with Gasteiger partial charge in [0, 0.05) is 24.7 Å². The summed E-state index contributed by atoms with van der Waals surface area (Å²) in [5.41, 5.74) is 0. The molecule has 0 bridgehead atoms. The molecule has 2 N–H and O–H groups in total. The Balaban J connectivity index is 1.38. The van der Waals surface area contributed by atoms with Gasteiger partial charge in [0.2, 0.25) is 0 Å². The minimum absolute atomic E-state index is 0.0415. The normalized spacial score (nSPS) is 24.6. The van der Waals surface area contributed by atoms with Crippen LogP contribution in [-0.4, -0.2) is 42.6 Å². The minimum Gasteiger partial charge on any atom is -0.337 e. The molecule has 0 spiro atoms. The second kappa shape index (κ2) is 5.31. The second-order valence-electron chi connectivity index (χ2n) is 6.80. The molecule has 4 nitrogen and oxygen atoms in total. The number of nitrogens with zero attached hydrogens (tertiary/aromatic N) is 1. The van der Waals surface area contributed by atoms with Gasteiger partial charge in [-0.2, -0.15) is 0 Å². The molecule has 0 radical (unpaired) electrons. The molecule has 4 heteroatoms. The minimum atomic E-state index is 0.0415. The van der Waals surface area contributed by atoms with E-state index < -0.39 is 0 Å². The van der Waals surface area contributed by atoms with Crippen molar-refractivity contribution in [1.82, 2.24) is 15.5 Å². The van der Waals surface area contributed by atoms with Crippen LogP contribution in [0, 0.1) is 11.8 Å². The summed E-state index contributed by atoms with van der Waals surface area (Å²) in [6.45, 7) is 2.94. The maximum Gasteiger partial charge on any atom is 0.315 e. The molecule has 0 aromatic carbocycles. The van der Waals surface area contributed by atoms with E-state index in [1.165, 1.54) is 38.5 Å². The lowest BCUT2D eigenvalue weighted by molar-refractivity contribution is 0.217. The number of likely N-dealkylation sites (N-methyl/N-ethyl adjacent to an activating group) is 1. The van der Waals surface area contributed by atoms with Crippen LogP contribution in [0.5, 0.6) is 0 Å². The van der Waals surface area contributed by atoms with Crippen LogP contribution in [0.25, 0.3) is 0 Å². The average Bonchev–Trinajstić information content (AvgIpc) is 3.28. The number of nitrogens with one attached hydrogen (secondary N) is 2. The Labute approximate surface area is 116 Å². The summed E-state index contributed by atoms with van der Waals surface area (Å²) in [7, 11) is 2.17. The second-order valence-corrected chi connectivity index (χ2v) is 6.80. The molecule has 1 atom stereocenters. The third-order valence-corrected chi connectivity index (χ3v) is 4.93. The topological polar surface area (TPSA) is 44.4 Å². The molecule has 3 aliphatic rings. The molecule has 3 aliphatic carbocycles. The van der Waals surface area contributed by atoms with Gasteiger partial charge in [-0.25, -0.2) is 4.79 Å². The SMILES string of the molecule is C[C@@H](CNC(=O)NC(C1CC1)C1CC1)N(C)C1CC1. The first kappa shape index (κ1) is 13.2. The van der Waals surface area contributed by atoms with Crippen molar-refractivity contribution in [3.8, 4) is 0 Å². The third-order valence-electron chi connectivity index (χ3n) is 4.93. The molecule has 0 heterocycles. The Bertz CT molecular complexity index is 322. The van der Waals surface area contributed by atoms with Crippen molar-refractivity contribution in [2.45, 2.75) is 63.6 Å². The van der Waals surface area contributed by atoms with Gasteiger partial charge in [0.25, 0.3) is 0 Å². The number of hydrogen-bond donors (Lipinski definition) is 2. The maximum atomic E-state index is 12.0. The Morgan fingerprint density at radius 1 is 1.16 bits per heavy atom. The van der Waals surface area contributed by atoms with Crippen LogP contribution >= 0.6 is 0 Å². The summed E-state index contributed by atoms with van der Waals surface area (Å²) < 4.78 is 0. The van der Waals surface area contributed by atoms with E-state index in [-0.39, 0.29) is 6.03 Å². The predicted molar refractivity (Wildman–Crippen MR) is 76.0 cm³/mol. The average molecular weight is 265 g/mol.